The zero-order chi connectivity index (χ0) is 52.5. The van der Waals surface area contributed by atoms with Crippen LogP contribution in [0.15, 0.2) is 182 Å². The van der Waals surface area contributed by atoms with E-state index >= 15 is 0 Å². The van der Waals surface area contributed by atoms with E-state index in [-0.39, 0.29) is 38.6 Å². The first-order valence-electron chi connectivity index (χ1n) is 26.0. The van der Waals surface area contributed by atoms with Gasteiger partial charge in [-0.15, -0.1) is 0 Å². The van der Waals surface area contributed by atoms with Crippen molar-refractivity contribution in [1.82, 2.24) is 4.90 Å². The molecular formula is C61H65NO14. The second-order valence-corrected chi connectivity index (χ2v) is 19.1. The summed E-state index contributed by atoms with van der Waals surface area (Å²) in [6.07, 6.45) is -9.29. The largest absolute Gasteiger partial charge is 0.453 e. The Bertz CT molecular complexity index is 2690. The highest BCUT2D eigenvalue weighted by Gasteiger charge is 2.55. The van der Waals surface area contributed by atoms with Gasteiger partial charge in [0.15, 0.2) is 31.1 Å². The van der Waals surface area contributed by atoms with Gasteiger partial charge in [-0.25, -0.2) is 14.4 Å². The van der Waals surface area contributed by atoms with Crippen molar-refractivity contribution in [3.8, 4) is 0 Å². The fourth-order valence-electron chi connectivity index (χ4n) is 9.51. The van der Waals surface area contributed by atoms with E-state index in [1.165, 1.54) is 0 Å². The molecule has 11 atom stereocenters. The maximum Gasteiger partial charge on any atom is 0.410 e. The first-order valence-corrected chi connectivity index (χ1v) is 26.0. The lowest BCUT2D eigenvalue weighted by Gasteiger charge is -2.50. The number of esters is 2. The molecule has 9 rings (SSSR count). The Labute approximate surface area is 443 Å². The molecule has 0 radical (unpaired) electrons. The van der Waals surface area contributed by atoms with Crippen molar-refractivity contribution in [2.24, 2.45) is 5.92 Å². The monoisotopic (exact) mass is 1040 g/mol. The molecule has 1 N–H and O–H groups in total. The Morgan fingerprint density at radius 3 is 1.76 bits per heavy atom. The molecule has 3 aliphatic rings. The van der Waals surface area contributed by atoms with Crippen molar-refractivity contribution in [3.63, 3.8) is 0 Å². The lowest BCUT2D eigenvalue weighted by atomic mass is 9.89. The van der Waals surface area contributed by atoms with Crippen LogP contribution >= 0.6 is 0 Å². The summed E-state index contributed by atoms with van der Waals surface area (Å²) in [7, 11) is 0. The van der Waals surface area contributed by atoms with Gasteiger partial charge in [-0.1, -0.05) is 165 Å². The zero-order valence-corrected chi connectivity index (χ0v) is 42.4. The molecule has 6 aromatic rings. The minimum atomic E-state index is -1.44. The SMILES string of the molecule is CC1C(OC2OC3COC(c4ccccc4)OC3C(O)C2OC(=O)c2ccccc2)C(COCc2ccccc2)OC(OCCCCCN(Cc2ccccc2)C(=O)OCc2ccccc2)C1OC(=O)c1ccccc1. The Hall–Kier alpha value is -6.79. The first kappa shape index (κ1) is 54.0. The van der Waals surface area contributed by atoms with E-state index < -0.39 is 85.5 Å². The molecule has 1 amide bonds. The molecule has 3 fully saturated rings. The number of rotatable bonds is 22. The molecule has 0 aromatic heterocycles. The predicted octanol–water partition coefficient (Wildman–Crippen LogP) is 9.63. The van der Waals surface area contributed by atoms with Crippen molar-refractivity contribution in [2.75, 3.05) is 26.4 Å². The van der Waals surface area contributed by atoms with E-state index in [9.17, 15) is 19.5 Å². The van der Waals surface area contributed by atoms with Crippen LogP contribution in [0.4, 0.5) is 4.79 Å². The maximum absolute atomic E-state index is 14.0. The lowest BCUT2D eigenvalue weighted by molar-refractivity contribution is -0.381. The van der Waals surface area contributed by atoms with Crippen LogP contribution in [-0.2, 0) is 67.1 Å². The Balaban J connectivity index is 0.927. The van der Waals surface area contributed by atoms with E-state index in [2.05, 4.69) is 0 Å². The highest BCUT2D eigenvalue weighted by molar-refractivity contribution is 5.90. The van der Waals surface area contributed by atoms with Gasteiger partial charge in [0.05, 0.1) is 37.1 Å². The van der Waals surface area contributed by atoms with Crippen LogP contribution in [0.1, 0.15) is 75.4 Å². The van der Waals surface area contributed by atoms with Crippen LogP contribution in [-0.4, -0.2) is 110 Å². The van der Waals surface area contributed by atoms with Crippen molar-refractivity contribution >= 4 is 18.0 Å². The number of fused-ring (bicyclic) bond motifs is 1. The number of aliphatic hydroxyl groups is 1. The average molecular weight is 1040 g/mol. The molecule has 0 aliphatic carbocycles. The van der Waals surface area contributed by atoms with Crippen LogP contribution in [0.5, 0.6) is 0 Å². The number of hydrogen-bond donors (Lipinski definition) is 1. The molecule has 0 spiro atoms. The lowest BCUT2D eigenvalue weighted by Crippen LogP contribution is -2.65. The van der Waals surface area contributed by atoms with Gasteiger partial charge in [0, 0.05) is 31.2 Å². The number of aliphatic hydroxyl groups excluding tert-OH is 1. The van der Waals surface area contributed by atoms with Crippen molar-refractivity contribution in [3.05, 3.63) is 215 Å². The van der Waals surface area contributed by atoms with E-state index in [0.29, 0.717) is 37.9 Å². The number of benzene rings is 6. The third kappa shape index (κ3) is 14.6. The van der Waals surface area contributed by atoms with Gasteiger partial charge in [-0.2, -0.15) is 0 Å². The zero-order valence-electron chi connectivity index (χ0n) is 42.4. The number of nitrogens with zero attached hydrogens (tertiary/aromatic N) is 1. The standard InChI is InChI=1S/C61H65NO14/c1-42-52(75-60-55(74-57(65)47-31-17-6-18-32-47)51(63)54-50(72-60)41-69-58(76-54)48-33-19-7-20-34-48)49(40-67-38-44-25-11-3-12-26-44)71-59(53(42)73-56(64)46-29-15-5-16-30-46)68-36-22-8-21-35-62(37-43-23-9-2-10-24-43)61(66)70-39-45-27-13-4-14-28-45/h2-7,9-20,23-34,42,49-55,58-60,63H,8,21-22,35-41H2,1H3. The minimum absolute atomic E-state index is 0.00150. The van der Waals surface area contributed by atoms with E-state index in [0.717, 1.165) is 22.3 Å². The summed E-state index contributed by atoms with van der Waals surface area (Å²) in [6, 6.07) is 55.4. The second-order valence-electron chi connectivity index (χ2n) is 19.1. The van der Waals surface area contributed by atoms with Gasteiger partial charge in [-0.05, 0) is 60.2 Å². The third-order valence-corrected chi connectivity index (χ3v) is 13.6. The Kier molecular flexibility index (Phi) is 19.4. The molecule has 3 aliphatic heterocycles. The van der Waals surface area contributed by atoms with Crippen molar-refractivity contribution in [2.45, 2.75) is 108 Å². The summed E-state index contributed by atoms with van der Waals surface area (Å²) < 4.78 is 63.8. The molecule has 0 bridgehead atoms. The van der Waals surface area contributed by atoms with E-state index in [1.807, 2.05) is 134 Å². The molecule has 15 nitrogen and oxygen atoms in total. The predicted molar refractivity (Wildman–Crippen MR) is 278 cm³/mol. The van der Waals surface area contributed by atoms with Crippen LogP contribution in [0, 0.1) is 5.92 Å². The summed E-state index contributed by atoms with van der Waals surface area (Å²) in [4.78, 5) is 42.9. The normalized spacial score (nSPS) is 25.1. The summed E-state index contributed by atoms with van der Waals surface area (Å²) in [6.45, 7) is 3.36. The summed E-state index contributed by atoms with van der Waals surface area (Å²) in [5.41, 5.74) is 4.14. The first-order chi connectivity index (χ1) is 37.3. The second kappa shape index (κ2) is 27.3. The number of carbonyl (C=O) groups is 3. The average Bonchev–Trinajstić information content (AvgIpc) is 3.50. The Morgan fingerprint density at radius 1 is 0.592 bits per heavy atom. The Morgan fingerprint density at radius 2 is 1.14 bits per heavy atom. The molecule has 76 heavy (non-hydrogen) atoms. The van der Waals surface area contributed by atoms with Gasteiger partial charge in [-0.3, -0.25) is 0 Å². The highest BCUT2D eigenvalue weighted by atomic mass is 16.8. The summed E-state index contributed by atoms with van der Waals surface area (Å²) >= 11 is 0. The van der Waals surface area contributed by atoms with Gasteiger partial charge in [0.1, 0.15) is 31.0 Å². The maximum atomic E-state index is 14.0. The van der Waals surface area contributed by atoms with E-state index in [1.54, 1.807) is 59.5 Å². The number of hydrogen-bond acceptors (Lipinski definition) is 14. The molecule has 6 aromatic carbocycles. The van der Waals surface area contributed by atoms with Gasteiger partial charge < -0.3 is 57.4 Å². The molecule has 3 saturated heterocycles. The molecule has 11 unspecified atom stereocenters. The van der Waals surface area contributed by atoms with Crippen LogP contribution in [0.2, 0.25) is 0 Å². The molecule has 15 heteroatoms. The van der Waals surface area contributed by atoms with E-state index in [4.69, 9.17) is 47.4 Å². The van der Waals surface area contributed by atoms with Crippen molar-refractivity contribution < 1.29 is 66.9 Å². The minimum Gasteiger partial charge on any atom is -0.453 e. The number of amides is 1. The van der Waals surface area contributed by atoms with Crippen LogP contribution in [0.3, 0.4) is 0 Å². The molecule has 398 valence electrons. The highest BCUT2D eigenvalue weighted by Crippen LogP contribution is 2.39. The van der Waals surface area contributed by atoms with Crippen molar-refractivity contribution in [1.29, 1.82) is 0 Å². The summed E-state index contributed by atoms with van der Waals surface area (Å²) in [5, 5.41) is 12.2. The van der Waals surface area contributed by atoms with Gasteiger partial charge in [0.25, 0.3) is 0 Å². The fraction of sp³-hybridized carbons (Fsp3) is 0.361. The fourth-order valence-corrected chi connectivity index (χ4v) is 9.51. The molecule has 3 heterocycles. The smallest absolute Gasteiger partial charge is 0.410 e. The topological polar surface area (TPSA) is 167 Å². The summed E-state index contributed by atoms with van der Waals surface area (Å²) in [5.74, 6) is -1.98. The van der Waals surface area contributed by atoms with Gasteiger partial charge in [0.2, 0.25) is 0 Å². The third-order valence-electron chi connectivity index (χ3n) is 13.6. The molecular weight excluding hydrogens is 971 g/mol. The van der Waals surface area contributed by atoms with Gasteiger partial charge >= 0.3 is 18.0 Å². The van der Waals surface area contributed by atoms with Crippen LogP contribution < -0.4 is 0 Å². The number of unbranched alkanes of at least 4 members (excludes halogenated alkanes) is 2. The number of ether oxygens (including phenoxy) is 10. The molecule has 0 saturated carbocycles. The number of carbonyl (C=O) groups excluding carboxylic acids is 3. The van der Waals surface area contributed by atoms with Crippen LogP contribution in [0.25, 0.3) is 0 Å². The quantitative estimate of drug-likeness (QED) is 0.0388.